The summed E-state index contributed by atoms with van der Waals surface area (Å²) in [7, 11) is 0. The first-order valence-electron chi connectivity index (χ1n) is 3.97. The smallest absolute Gasteiger partial charge is 0.328 e. The van der Waals surface area contributed by atoms with Crippen LogP contribution in [0.4, 0.5) is 0 Å². The summed E-state index contributed by atoms with van der Waals surface area (Å²) in [6.45, 7) is 0. The van der Waals surface area contributed by atoms with Gasteiger partial charge in [-0.1, -0.05) is 0 Å². The van der Waals surface area contributed by atoms with Gasteiger partial charge in [-0.25, -0.2) is 14.3 Å². The number of fused-ring (bicyclic) bond motifs is 1. The van der Waals surface area contributed by atoms with Crippen LogP contribution in [0.2, 0.25) is 0 Å². The maximum atomic E-state index is 10.3. The molecule has 0 bridgehead atoms. The number of hydrogen-bond donors (Lipinski definition) is 1. The minimum Gasteiger partial charge on any atom is -0.478 e. The van der Waals surface area contributed by atoms with E-state index in [9.17, 15) is 4.79 Å². The van der Waals surface area contributed by atoms with Gasteiger partial charge in [-0.3, -0.25) is 0 Å². The summed E-state index contributed by atoms with van der Waals surface area (Å²) in [5.41, 5.74) is 1.27. The summed E-state index contributed by atoms with van der Waals surface area (Å²) in [6, 6.07) is 3.46. The third-order valence-electron chi connectivity index (χ3n) is 1.65. The molecule has 0 amide bonds. The maximum absolute atomic E-state index is 10.3. The van der Waals surface area contributed by atoms with Gasteiger partial charge in [0.25, 0.3) is 0 Å². The molecule has 2 aromatic rings. The second-order valence-electron chi connectivity index (χ2n) is 2.66. The summed E-state index contributed by atoms with van der Waals surface area (Å²) in [5, 5.41) is 12.5. The van der Waals surface area contributed by atoms with Crippen LogP contribution in [0, 0.1) is 0 Å². The highest BCUT2D eigenvalue weighted by atomic mass is 16.4. The van der Waals surface area contributed by atoms with Crippen LogP contribution in [0.15, 0.2) is 30.6 Å². The molecule has 5 nitrogen and oxygen atoms in total. The molecule has 0 saturated heterocycles. The number of hydrogen-bond acceptors (Lipinski definition) is 3. The molecule has 0 aliphatic rings. The monoisotopic (exact) mass is 189 g/mol. The van der Waals surface area contributed by atoms with Gasteiger partial charge in [0, 0.05) is 24.5 Å². The molecule has 2 rings (SSSR count). The highest BCUT2D eigenvalue weighted by molar-refractivity contribution is 5.85. The van der Waals surface area contributed by atoms with Crippen molar-refractivity contribution in [3.8, 4) is 0 Å². The van der Waals surface area contributed by atoms with Crippen molar-refractivity contribution in [3.05, 3.63) is 36.3 Å². The molecule has 0 unspecified atom stereocenters. The molecule has 2 heterocycles. The van der Waals surface area contributed by atoms with Crippen LogP contribution in [-0.2, 0) is 4.79 Å². The normalized spacial score (nSPS) is 11.1. The Kier molecular flexibility index (Phi) is 1.98. The second-order valence-corrected chi connectivity index (χ2v) is 2.66. The fraction of sp³-hybridized carbons (Fsp3) is 0. The Balaban J connectivity index is 2.40. The van der Waals surface area contributed by atoms with Gasteiger partial charge in [0.2, 0.25) is 0 Å². The Morgan fingerprint density at radius 1 is 1.57 bits per heavy atom. The van der Waals surface area contributed by atoms with E-state index in [0.717, 1.165) is 6.08 Å². The maximum Gasteiger partial charge on any atom is 0.328 e. The standard InChI is InChI=1S/C9H7N3O2/c13-9(14)3-2-7-6-8-10-4-1-5-12(8)11-7/h1-6H,(H,13,14)/b3-2+. The van der Waals surface area contributed by atoms with Crippen LogP contribution in [0.3, 0.4) is 0 Å². The average molecular weight is 189 g/mol. The molecular formula is C9H7N3O2. The Morgan fingerprint density at radius 3 is 3.14 bits per heavy atom. The predicted octanol–water partition coefficient (Wildman–Crippen LogP) is 0.827. The van der Waals surface area contributed by atoms with Crippen molar-refractivity contribution in [2.75, 3.05) is 0 Å². The van der Waals surface area contributed by atoms with E-state index < -0.39 is 5.97 Å². The minimum atomic E-state index is -0.991. The largest absolute Gasteiger partial charge is 0.478 e. The Morgan fingerprint density at radius 2 is 2.43 bits per heavy atom. The van der Waals surface area contributed by atoms with Crippen LogP contribution in [0.1, 0.15) is 5.69 Å². The summed E-state index contributed by atoms with van der Waals surface area (Å²) >= 11 is 0. The first kappa shape index (κ1) is 8.43. The molecule has 0 radical (unpaired) electrons. The zero-order valence-electron chi connectivity index (χ0n) is 7.16. The number of nitrogens with zero attached hydrogens (tertiary/aromatic N) is 3. The van der Waals surface area contributed by atoms with E-state index in [4.69, 9.17) is 5.11 Å². The van der Waals surface area contributed by atoms with Crippen molar-refractivity contribution < 1.29 is 9.90 Å². The van der Waals surface area contributed by atoms with Crippen molar-refractivity contribution in [3.63, 3.8) is 0 Å². The summed E-state index contributed by atoms with van der Waals surface area (Å²) < 4.78 is 1.58. The minimum absolute atomic E-state index is 0.575. The summed E-state index contributed by atoms with van der Waals surface area (Å²) in [6.07, 6.45) is 5.88. The number of carbonyl (C=O) groups is 1. The fourth-order valence-electron chi connectivity index (χ4n) is 1.09. The lowest BCUT2D eigenvalue weighted by atomic mass is 10.4. The molecule has 2 aromatic heterocycles. The first-order chi connectivity index (χ1) is 6.75. The molecule has 0 fully saturated rings. The van der Waals surface area contributed by atoms with Gasteiger partial charge in [-0.2, -0.15) is 5.10 Å². The summed E-state index contributed by atoms with van der Waals surface area (Å²) in [5.74, 6) is -0.991. The van der Waals surface area contributed by atoms with Crippen molar-refractivity contribution >= 4 is 17.7 Å². The molecule has 1 N–H and O–H groups in total. The van der Waals surface area contributed by atoms with Gasteiger partial charge in [-0.05, 0) is 12.1 Å². The highest BCUT2D eigenvalue weighted by Crippen LogP contribution is 2.04. The number of carboxylic acid groups (broad SMARTS) is 1. The van der Waals surface area contributed by atoms with E-state index in [1.807, 2.05) is 0 Å². The van der Waals surface area contributed by atoms with Crippen LogP contribution in [-0.4, -0.2) is 25.7 Å². The average Bonchev–Trinajstić information content (AvgIpc) is 2.57. The zero-order valence-corrected chi connectivity index (χ0v) is 7.16. The van der Waals surface area contributed by atoms with Gasteiger partial charge in [-0.15, -0.1) is 0 Å². The van der Waals surface area contributed by atoms with Crippen molar-refractivity contribution in [1.29, 1.82) is 0 Å². The van der Waals surface area contributed by atoms with Gasteiger partial charge < -0.3 is 5.11 Å². The molecule has 0 aliphatic heterocycles. The van der Waals surface area contributed by atoms with E-state index in [2.05, 4.69) is 10.1 Å². The topological polar surface area (TPSA) is 67.5 Å². The molecule has 0 aromatic carbocycles. The number of carboxylic acids is 1. The van der Waals surface area contributed by atoms with Crippen molar-refractivity contribution in [2.45, 2.75) is 0 Å². The predicted molar refractivity (Wildman–Crippen MR) is 49.7 cm³/mol. The number of aromatic nitrogens is 3. The molecule has 0 spiro atoms. The lowest BCUT2D eigenvalue weighted by Crippen LogP contribution is -1.88. The fourth-order valence-corrected chi connectivity index (χ4v) is 1.09. The van der Waals surface area contributed by atoms with Gasteiger partial charge in [0.1, 0.15) is 0 Å². The van der Waals surface area contributed by atoms with E-state index in [0.29, 0.717) is 11.3 Å². The third-order valence-corrected chi connectivity index (χ3v) is 1.65. The van der Waals surface area contributed by atoms with Crippen molar-refractivity contribution in [1.82, 2.24) is 14.6 Å². The molecular weight excluding hydrogens is 182 g/mol. The van der Waals surface area contributed by atoms with Gasteiger partial charge >= 0.3 is 5.97 Å². The Labute approximate surface area is 79.3 Å². The Bertz CT molecular complexity index is 468. The third kappa shape index (κ3) is 1.61. The summed E-state index contributed by atoms with van der Waals surface area (Å²) in [4.78, 5) is 14.3. The van der Waals surface area contributed by atoms with E-state index >= 15 is 0 Å². The van der Waals surface area contributed by atoms with Crippen LogP contribution < -0.4 is 0 Å². The Hall–Kier alpha value is -2.17. The lowest BCUT2D eigenvalue weighted by molar-refractivity contribution is -0.131. The molecule has 0 saturated carbocycles. The quantitative estimate of drug-likeness (QED) is 0.710. The lowest BCUT2D eigenvalue weighted by Gasteiger charge is -1.86. The first-order valence-corrected chi connectivity index (χ1v) is 3.97. The van der Waals surface area contributed by atoms with E-state index in [1.54, 1.807) is 29.0 Å². The SMILES string of the molecule is O=C(O)/C=C/c1cc2ncccn2n1. The van der Waals surface area contributed by atoms with Crippen LogP contribution >= 0.6 is 0 Å². The molecule has 0 atom stereocenters. The number of rotatable bonds is 2. The number of aliphatic carboxylic acids is 1. The van der Waals surface area contributed by atoms with Crippen LogP contribution in [0.25, 0.3) is 11.7 Å². The molecule has 5 heteroatoms. The van der Waals surface area contributed by atoms with Gasteiger partial charge in [0.05, 0.1) is 5.69 Å². The second kappa shape index (κ2) is 3.29. The van der Waals surface area contributed by atoms with Crippen LogP contribution in [0.5, 0.6) is 0 Å². The van der Waals surface area contributed by atoms with E-state index in [-0.39, 0.29) is 0 Å². The van der Waals surface area contributed by atoms with Crippen molar-refractivity contribution in [2.24, 2.45) is 0 Å². The highest BCUT2D eigenvalue weighted by Gasteiger charge is 1.98. The van der Waals surface area contributed by atoms with Gasteiger partial charge in [0.15, 0.2) is 5.65 Å². The molecule has 70 valence electrons. The molecule has 0 aliphatic carbocycles. The molecule has 14 heavy (non-hydrogen) atoms. The van der Waals surface area contributed by atoms with E-state index in [1.165, 1.54) is 6.08 Å². The zero-order chi connectivity index (χ0) is 9.97.